The van der Waals surface area contributed by atoms with E-state index in [-0.39, 0.29) is 18.8 Å². The van der Waals surface area contributed by atoms with E-state index in [4.69, 9.17) is 9.84 Å². The molecule has 2 unspecified atom stereocenters. The van der Waals surface area contributed by atoms with Crippen molar-refractivity contribution in [2.75, 3.05) is 19.0 Å². The van der Waals surface area contributed by atoms with Gasteiger partial charge in [0, 0.05) is 12.6 Å². The number of nitrogens with one attached hydrogen (secondary N) is 1. The molecule has 0 bridgehead atoms. The molecular weight excluding hydrogens is 246 g/mol. The van der Waals surface area contributed by atoms with Crippen molar-refractivity contribution in [1.29, 1.82) is 0 Å². The summed E-state index contributed by atoms with van der Waals surface area (Å²) in [7, 11) is -3.41. The van der Waals surface area contributed by atoms with Gasteiger partial charge in [0.05, 0.1) is 18.3 Å². The molecule has 0 radical (unpaired) electrons. The lowest BCUT2D eigenvalue weighted by Crippen LogP contribution is -2.36. The minimum Gasteiger partial charge on any atom is -0.481 e. The zero-order chi connectivity index (χ0) is 12.9. The number of rotatable bonds is 7. The fourth-order valence-corrected chi connectivity index (χ4v) is 2.66. The monoisotopic (exact) mass is 263 g/mol. The van der Waals surface area contributed by atoms with Crippen LogP contribution in [0.3, 0.4) is 0 Å². The predicted octanol–water partition coefficient (Wildman–Crippen LogP) is -0.0284. The number of ether oxygens (including phenoxy) is 1. The Kier molecular flexibility index (Phi) is 5.10. The molecule has 0 aliphatic heterocycles. The Bertz CT molecular complexity index is 390. The van der Waals surface area contributed by atoms with Gasteiger partial charge in [-0.2, -0.15) is 0 Å². The van der Waals surface area contributed by atoms with Gasteiger partial charge in [-0.05, 0) is 13.3 Å². The summed E-state index contributed by atoms with van der Waals surface area (Å²) in [5, 5.41) is 8.75. The molecule has 0 amide bonds. The second-order valence-electron chi connectivity index (χ2n) is 3.81. The Morgan fingerprint density at radius 1 is 1.53 bits per heavy atom. The maximum absolute atomic E-state index is 11.6. The molecule has 1 aliphatic carbocycles. The quantitative estimate of drug-likeness (QED) is 0.497. The zero-order valence-corrected chi connectivity index (χ0v) is 10.4. The zero-order valence-electron chi connectivity index (χ0n) is 9.63. The van der Waals surface area contributed by atoms with E-state index in [0.29, 0.717) is 6.61 Å². The van der Waals surface area contributed by atoms with Gasteiger partial charge in [0.1, 0.15) is 0 Å². The summed E-state index contributed by atoms with van der Waals surface area (Å²) >= 11 is 0. The molecule has 0 saturated carbocycles. The highest BCUT2D eigenvalue weighted by atomic mass is 32.2. The molecule has 6 nitrogen and oxygen atoms in total. The van der Waals surface area contributed by atoms with Crippen molar-refractivity contribution < 1.29 is 23.1 Å². The first-order chi connectivity index (χ1) is 7.94. The van der Waals surface area contributed by atoms with Crippen LogP contribution in [-0.2, 0) is 19.6 Å². The van der Waals surface area contributed by atoms with Gasteiger partial charge >= 0.3 is 5.97 Å². The number of hydrogen-bond donors (Lipinski definition) is 2. The summed E-state index contributed by atoms with van der Waals surface area (Å²) in [6.45, 7) is 2.40. The topological polar surface area (TPSA) is 92.7 Å². The van der Waals surface area contributed by atoms with Crippen LogP contribution >= 0.6 is 0 Å². The van der Waals surface area contributed by atoms with Gasteiger partial charge in [0.2, 0.25) is 10.0 Å². The molecule has 1 rings (SSSR count). The van der Waals surface area contributed by atoms with Crippen molar-refractivity contribution in [3.05, 3.63) is 12.2 Å². The van der Waals surface area contributed by atoms with Gasteiger partial charge in [-0.15, -0.1) is 0 Å². The number of aliphatic carboxylic acids is 1. The van der Waals surface area contributed by atoms with E-state index >= 15 is 0 Å². The number of sulfonamides is 1. The van der Waals surface area contributed by atoms with E-state index < -0.39 is 28.0 Å². The Hall–Kier alpha value is -0.920. The normalized spacial score (nSPS) is 24.1. The van der Waals surface area contributed by atoms with E-state index in [1.165, 1.54) is 6.08 Å². The van der Waals surface area contributed by atoms with Gasteiger partial charge in [0.25, 0.3) is 0 Å². The first-order valence-corrected chi connectivity index (χ1v) is 7.08. The Balaban J connectivity index is 2.40. The highest BCUT2D eigenvalue weighted by Gasteiger charge is 2.27. The third-order valence-corrected chi connectivity index (χ3v) is 3.80. The van der Waals surface area contributed by atoms with Crippen molar-refractivity contribution in [3.8, 4) is 0 Å². The molecule has 0 saturated heterocycles. The Morgan fingerprint density at radius 3 is 2.76 bits per heavy atom. The van der Waals surface area contributed by atoms with E-state index in [0.717, 1.165) is 0 Å². The number of carboxylic acids is 1. The summed E-state index contributed by atoms with van der Waals surface area (Å²) in [5.74, 6) is -1.64. The third-order valence-electron chi connectivity index (χ3n) is 2.43. The van der Waals surface area contributed by atoms with Crippen LogP contribution in [0.25, 0.3) is 0 Å². The van der Waals surface area contributed by atoms with E-state index in [9.17, 15) is 13.2 Å². The van der Waals surface area contributed by atoms with Gasteiger partial charge in [0.15, 0.2) is 0 Å². The van der Waals surface area contributed by atoms with Crippen LogP contribution < -0.4 is 4.72 Å². The van der Waals surface area contributed by atoms with Crippen LogP contribution in [0.1, 0.15) is 13.3 Å². The molecule has 2 atom stereocenters. The maximum atomic E-state index is 11.6. The maximum Gasteiger partial charge on any atom is 0.310 e. The van der Waals surface area contributed by atoms with Crippen molar-refractivity contribution in [2.24, 2.45) is 5.92 Å². The van der Waals surface area contributed by atoms with Gasteiger partial charge in [-0.25, -0.2) is 13.1 Å². The molecule has 98 valence electrons. The summed E-state index contributed by atoms with van der Waals surface area (Å²) in [6.07, 6.45) is 3.36. The van der Waals surface area contributed by atoms with E-state index in [1.54, 1.807) is 13.0 Å². The average molecular weight is 263 g/mol. The lowest BCUT2D eigenvalue weighted by Gasteiger charge is -2.12. The lowest BCUT2D eigenvalue weighted by molar-refractivity contribution is -0.140. The first kappa shape index (κ1) is 14.1. The summed E-state index contributed by atoms with van der Waals surface area (Å²) in [5.41, 5.74) is 0. The van der Waals surface area contributed by atoms with Gasteiger partial charge in [-0.1, -0.05) is 12.2 Å². The van der Waals surface area contributed by atoms with Crippen LogP contribution in [0.15, 0.2) is 12.2 Å². The fourth-order valence-electron chi connectivity index (χ4n) is 1.57. The average Bonchev–Trinajstić information content (AvgIpc) is 2.65. The summed E-state index contributed by atoms with van der Waals surface area (Å²) in [6, 6.07) is -0.428. The first-order valence-electron chi connectivity index (χ1n) is 5.43. The van der Waals surface area contributed by atoms with Gasteiger partial charge < -0.3 is 9.84 Å². The molecule has 0 aromatic carbocycles. The Labute approximate surface area is 101 Å². The summed E-state index contributed by atoms with van der Waals surface area (Å²) in [4.78, 5) is 10.7. The van der Waals surface area contributed by atoms with Crippen LogP contribution in [0.2, 0.25) is 0 Å². The van der Waals surface area contributed by atoms with Crippen LogP contribution in [0.5, 0.6) is 0 Å². The van der Waals surface area contributed by atoms with Crippen LogP contribution in [-0.4, -0.2) is 44.5 Å². The standard InChI is InChI=1S/C10H17NO5S/c1-2-16-5-6-17(14,15)11-9-4-3-8(7-9)10(12)13/h3-4,8-9,11H,2,5-7H2,1H3,(H,12,13). The molecular formula is C10H17NO5S. The lowest BCUT2D eigenvalue weighted by atomic mass is 10.1. The van der Waals surface area contributed by atoms with Crippen molar-refractivity contribution in [3.63, 3.8) is 0 Å². The highest BCUT2D eigenvalue weighted by molar-refractivity contribution is 7.89. The molecule has 2 N–H and O–H groups in total. The van der Waals surface area contributed by atoms with Crippen molar-refractivity contribution in [2.45, 2.75) is 19.4 Å². The minimum atomic E-state index is -3.41. The summed E-state index contributed by atoms with van der Waals surface area (Å²) < 4.78 is 30.5. The molecule has 0 fully saturated rings. The minimum absolute atomic E-state index is 0.108. The van der Waals surface area contributed by atoms with Crippen molar-refractivity contribution in [1.82, 2.24) is 4.72 Å². The molecule has 1 aliphatic rings. The molecule has 17 heavy (non-hydrogen) atoms. The van der Waals surface area contributed by atoms with E-state index in [1.807, 2.05) is 0 Å². The number of carboxylic acid groups (broad SMARTS) is 1. The fraction of sp³-hybridized carbons (Fsp3) is 0.700. The van der Waals surface area contributed by atoms with Gasteiger partial charge in [-0.3, -0.25) is 4.79 Å². The molecule has 0 spiro atoms. The highest BCUT2D eigenvalue weighted by Crippen LogP contribution is 2.18. The van der Waals surface area contributed by atoms with E-state index in [2.05, 4.69) is 4.72 Å². The van der Waals surface area contributed by atoms with Crippen LogP contribution in [0.4, 0.5) is 0 Å². The van der Waals surface area contributed by atoms with Crippen LogP contribution in [0, 0.1) is 5.92 Å². The molecule has 0 aromatic rings. The molecule has 0 heterocycles. The second kappa shape index (κ2) is 6.13. The number of carbonyl (C=O) groups is 1. The largest absolute Gasteiger partial charge is 0.481 e. The molecule has 7 heteroatoms. The third kappa shape index (κ3) is 4.84. The molecule has 0 aromatic heterocycles. The van der Waals surface area contributed by atoms with Crippen molar-refractivity contribution >= 4 is 16.0 Å². The number of hydrogen-bond acceptors (Lipinski definition) is 4. The predicted molar refractivity (Wildman–Crippen MR) is 62.1 cm³/mol. The Morgan fingerprint density at radius 2 is 2.24 bits per heavy atom. The smallest absolute Gasteiger partial charge is 0.310 e. The SMILES string of the molecule is CCOCCS(=O)(=O)NC1C=CC(C(=O)O)C1. The second-order valence-corrected chi connectivity index (χ2v) is 5.68.